The van der Waals surface area contributed by atoms with Crippen molar-refractivity contribution in [2.24, 2.45) is 4.99 Å². The molecule has 7 nitrogen and oxygen atoms in total. The predicted molar refractivity (Wildman–Crippen MR) is 41.1 cm³/mol. The zero-order chi connectivity index (χ0) is 9.64. The van der Waals surface area contributed by atoms with Crippen LogP contribution in [-0.2, 0) is 4.79 Å². The van der Waals surface area contributed by atoms with Crippen molar-refractivity contribution < 1.29 is 14.7 Å². The van der Waals surface area contributed by atoms with Crippen LogP contribution in [0.4, 0.5) is 4.79 Å². The zero-order valence-electron chi connectivity index (χ0n) is 6.74. The average molecular weight is 183 g/mol. The molecule has 2 aliphatic heterocycles. The zero-order valence-corrected chi connectivity index (χ0v) is 6.74. The molecular weight excluding hydrogens is 176 g/mol. The van der Waals surface area contributed by atoms with Crippen molar-refractivity contribution in [3.63, 3.8) is 0 Å². The van der Waals surface area contributed by atoms with Gasteiger partial charge in [0.25, 0.3) is 11.8 Å². The Morgan fingerprint density at radius 1 is 1.62 bits per heavy atom. The molecule has 0 spiro atoms. The smallest absolute Gasteiger partial charge is 0.325 e. The highest BCUT2D eigenvalue weighted by atomic mass is 16.3. The number of imide groups is 1. The molecule has 1 fully saturated rings. The number of likely N-dealkylation sites (N-methyl/N-ethyl adjacent to an activating group) is 1. The summed E-state index contributed by atoms with van der Waals surface area (Å²) in [5, 5.41) is 13.8. The second-order valence-electron chi connectivity index (χ2n) is 2.78. The molecule has 0 saturated carbocycles. The Morgan fingerprint density at radius 3 is 3.00 bits per heavy atom. The van der Waals surface area contributed by atoms with Crippen molar-refractivity contribution in [1.82, 2.24) is 15.5 Å². The number of aliphatic hydroxyl groups is 1. The number of hydrogen-bond acceptors (Lipinski definition) is 5. The number of carbonyl (C=O) groups excluding carboxylic acids is 2. The summed E-state index contributed by atoms with van der Waals surface area (Å²) < 4.78 is 0. The van der Waals surface area contributed by atoms with Crippen LogP contribution in [0.3, 0.4) is 0 Å². The lowest BCUT2D eigenvalue weighted by Crippen LogP contribution is -2.65. The Bertz CT molecular complexity index is 315. The molecule has 3 N–H and O–H groups in total. The molecule has 0 aromatic carbocycles. The second-order valence-corrected chi connectivity index (χ2v) is 2.78. The molecule has 69 valence electrons. The van der Waals surface area contributed by atoms with E-state index in [1.165, 1.54) is 11.2 Å². The lowest BCUT2D eigenvalue weighted by atomic mass is 10.1. The Morgan fingerprint density at radius 2 is 2.31 bits per heavy atom. The van der Waals surface area contributed by atoms with Crippen molar-refractivity contribution in [2.45, 2.75) is 5.85 Å². The summed E-state index contributed by atoms with van der Waals surface area (Å²) in [7, 11) is 1.55. The van der Waals surface area contributed by atoms with Gasteiger partial charge in [0.05, 0.1) is 6.34 Å². The van der Waals surface area contributed by atoms with Gasteiger partial charge in [-0.3, -0.25) is 15.4 Å². The molecule has 2 heterocycles. The topological polar surface area (TPSA) is 94.0 Å². The first-order valence-electron chi connectivity index (χ1n) is 3.54. The van der Waals surface area contributed by atoms with Gasteiger partial charge in [-0.15, -0.1) is 0 Å². The Hall–Kier alpha value is -1.63. The van der Waals surface area contributed by atoms with E-state index in [2.05, 4.69) is 10.3 Å². The molecule has 0 aromatic rings. The van der Waals surface area contributed by atoms with Crippen molar-refractivity contribution >= 4 is 18.3 Å². The lowest BCUT2D eigenvalue weighted by Gasteiger charge is -2.32. The van der Waals surface area contributed by atoms with E-state index in [4.69, 9.17) is 0 Å². The quantitative estimate of drug-likeness (QED) is 0.404. The maximum Gasteiger partial charge on any atom is 0.325 e. The van der Waals surface area contributed by atoms with Crippen LogP contribution in [0.15, 0.2) is 4.99 Å². The highest BCUT2D eigenvalue weighted by Gasteiger charge is 2.53. The van der Waals surface area contributed by atoms with E-state index in [1.54, 1.807) is 7.05 Å². The molecule has 13 heavy (non-hydrogen) atoms. The van der Waals surface area contributed by atoms with Crippen LogP contribution in [0, 0.1) is 6.04 Å². The minimum absolute atomic E-state index is 0.00731. The molecule has 0 aliphatic carbocycles. The monoisotopic (exact) mass is 183 g/mol. The van der Waals surface area contributed by atoms with Crippen LogP contribution < -0.4 is 10.6 Å². The van der Waals surface area contributed by atoms with E-state index < -0.39 is 17.8 Å². The van der Waals surface area contributed by atoms with E-state index in [-0.39, 0.29) is 6.04 Å². The second kappa shape index (κ2) is 2.19. The van der Waals surface area contributed by atoms with E-state index in [9.17, 15) is 14.7 Å². The molecular formula is C6H7N4O3. The summed E-state index contributed by atoms with van der Waals surface area (Å²) in [6, 6.07) is -0.768. The fourth-order valence-electron chi connectivity index (χ4n) is 1.30. The van der Waals surface area contributed by atoms with E-state index in [1.807, 2.05) is 5.32 Å². The van der Waals surface area contributed by atoms with Gasteiger partial charge in [0, 0.05) is 7.05 Å². The SMILES string of the molecule is CN1C=NC2(O)NC(=O)NC(=O)[C]12. The summed E-state index contributed by atoms with van der Waals surface area (Å²) in [6.07, 6.45) is 1.26. The summed E-state index contributed by atoms with van der Waals surface area (Å²) in [4.78, 5) is 27.0. The largest absolute Gasteiger partial charge is 0.350 e. The Labute approximate surface area is 73.4 Å². The minimum Gasteiger partial charge on any atom is -0.350 e. The van der Waals surface area contributed by atoms with Gasteiger partial charge in [-0.1, -0.05) is 0 Å². The summed E-state index contributed by atoms with van der Waals surface area (Å²) in [5.74, 6) is -2.54. The van der Waals surface area contributed by atoms with Gasteiger partial charge >= 0.3 is 6.03 Å². The third-order valence-electron chi connectivity index (χ3n) is 1.83. The number of carbonyl (C=O) groups is 2. The minimum atomic E-state index is -1.89. The van der Waals surface area contributed by atoms with E-state index >= 15 is 0 Å². The average Bonchev–Trinajstić information content (AvgIpc) is 2.26. The number of hydrogen-bond donors (Lipinski definition) is 3. The number of amides is 3. The highest BCUT2D eigenvalue weighted by Crippen LogP contribution is 2.28. The number of fused-ring (bicyclic) bond motifs is 1. The first-order valence-corrected chi connectivity index (χ1v) is 3.54. The van der Waals surface area contributed by atoms with Gasteiger partial charge < -0.3 is 10.0 Å². The lowest BCUT2D eigenvalue weighted by molar-refractivity contribution is -0.126. The normalized spacial score (nSPS) is 32.9. The van der Waals surface area contributed by atoms with Crippen LogP contribution in [0.2, 0.25) is 0 Å². The van der Waals surface area contributed by atoms with Crippen LogP contribution >= 0.6 is 0 Å². The fourth-order valence-corrected chi connectivity index (χ4v) is 1.30. The molecule has 1 atom stereocenters. The molecule has 1 radical (unpaired) electrons. The molecule has 0 aromatic heterocycles. The standard InChI is InChI=1S/C6H7N4O3/c1-10-2-7-6(13)3(10)4(11)8-5(12)9-6/h2,13H,1H3,(H2,8,9,11,12). The third-order valence-corrected chi connectivity index (χ3v) is 1.83. The molecule has 1 unspecified atom stereocenters. The van der Waals surface area contributed by atoms with Crippen LogP contribution in [0.5, 0.6) is 0 Å². The summed E-state index contributed by atoms with van der Waals surface area (Å²) in [5.41, 5.74) is 0. The first kappa shape index (κ1) is 7.99. The number of nitrogens with one attached hydrogen (secondary N) is 2. The number of urea groups is 1. The van der Waals surface area contributed by atoms with Crippen molar-refractivity contribution in [2.75, 3.05) is 7.05 Å². The molecule has 3 amide bonds. The molecule has 1 saturated heterocycles. The van der Waals surface area contributed by atoms with Crippen molar-refractivity contribution in [3.05, 3.63) is 6.04 Å². The molecule has 2 rings (SSSR count). The van der Waals surface area contributed by atoms with Gasteiger partial charge in [0.1, 0.15) is 0 Å². The molecule has 0 bridgehead atoms. The van der Waals surface area contributed by atoms with Crippen LogP contribution in [0.25, 0.3) is 0 Å². The van der Waals surface area contributed by atoms with E-state index in [0.717, 1.165) is 0 Å². The van der Waals surface area contributed by atoms with Crippen molar-refractivity contribution in [1.29, 1.82) is 0 Å². The Balaban J connectivity index is 2.36. The van der Waals surface area contributed by atoms with E-state index in [0.29, 0.717) is 0 Å². The van der Waals surface area contributed by atoms with Crippen molar-refractivity contribution in [3.8, 4) is 0 Å². The molecule has 7 heteroatoms. The summed E-state index contributed by atoms with van der Waals surface area (Å²) in [6.45, 7) is 0. The predicted octanol–water partition coefficient (Wildman–Crippen LogP) is -2.02. The fraction of sp³-hybridized carbons (Fsp3) is 0.333. The van der Waals surface area contributed by atoms with Crippen LogP contribution in [0.1, 0.15) is 0 Å². The van der Waals surface area contributed by atoms with Gasteiger partial charge in [0.2, 0.25) is 6.04 Å². The number of nitrogens with zero attached hydrogens (tertiary/aromatic N) is 2. The maximum atomic E-state index is 11.2. The Kier molecular flexibility index (Phi) is 1.35. The first-order chi connectivity index (χ1) is 6.03. The third kappa shape index (κ3) is 0.970. The molecule has 2 aliphatic rings. The van der Waals surface area contributed by atoms with Gasteiger partial charge in [-0.25, -0.2) is 9.79 Å². The number of aliphatic imine (C=N–C) groups is 1. The summed E-state index contributed by atoms with van der Waals surface area (Å²) >= 11 is 0. The van der Waals surface area contributed by atoms with Gasteiger partial charge in [-0.05, 0) is 0 Å². The van der Waals surface area contributed by atoms with Gasteiger partial charge in [0.15, 0.2) is 0 Å². The highest BCUT2D eigenvalue weighted by molar-refractivity contribution is 6.07. The maximum absolute atomic E-state index is 11.2. The van der Waals surface area contributed by atoms with Crippen LogP contribution in [-0.4, -0.2) is 41.2 Å². The number of rotatable bonds is 0. The van der Waals surface area contributed by atoms with Gasteiger partial charge in [-0.2, -0.15) is 0 Å².